The van der Waals surface area contributed by atoms with Crippen molar-refractivity contribution in [2.24, 2.45) is 5.92 Å². The maximum atomic E-state index is 13.0. The number of hydrogen-bond acceptors (Lipinski definition) is 5. The van der Waals surface area contributed by atoms with Crippen LogP contribution in [0.4, 0.5) is 0 Å². The molecule has 1 aliphatic heterocycles. The van der Waals surface area contributed by atoms with Crippen molar-refractivity contribution in [3.63, 3.8) is 0 Å². The molecule has 0 aromatic heterocycles. The van der Waals surface area contributed by atoms with Crippen molar-refractivity contribution in [3.05, 3.63) is 29.8 Å². The van der Waals surface area contributed by atoms with Gasteiger partial charge in [0.2, 0.25) is 15.9 Å². The van der Waals surface area contributed by atoms with E-state index in [-0.39, 0.29) is 28.5 Å². The molecule has 170 valence electrons. The number of rotatable bonds is 6. The summed E-state index contributed by atoms with van der Waals surface area (Å²) in [7, 11) is -3.63. The Hall–Kier alpha value is -1.77. The molecule has 1 saturated heterocycles. The zero-order valence-electron chi connectivity index (χ0n) is 18.3. The largest absolute Gasteiger partial charge is 0.340 e. The Morgan fingerprint density at radius 3 is 2.03 bits per heavy atom. The van der Waals surface area contributed by atoms with E-state index in [1.807, 2.05) is 4.90 Å². The van der Waals surface area contributed by atoms with Crippen molar-refractivity contribution in [3.8, 4) is 0 Å². The van der Waals surface area contributed by atoms with Gasteiger partial charge >= 0.3 is 0 Å². The Labute approximate surface area is 185 Å². The van der Waals surface area contributed by atoms with Gasteiger partial charge in [-0.3, -0.25) is 14.5 Å². The summed E-state index contributed by atoms with van der Waals surface area (Å²) in [6, 6.07) is 6.60. The minimum absolute atomic E-state index is 0.00542. The van der Waals surface area contributed by atoms with Crippen LogP contribution in [0.15, 0.2) is 29.2 Å². The molecule has 8 heteroatoms. The number of amides is 1. The number of nitrogens with one attached hydrogen (secondary N) is 1. The molecule has 0 spiro atoms. The summed E-state index contributed by atoms with van der Waals surface area (Å²) in [5.74, 6) is 0.157. The number of carbonyl (C=O) groups excluding carboxylic acids is 2. The second-order valence-electron chi connectivity index (χ2n) is 9.20. The lowest BCUT2D eigenvalue weighted by atomic mass is 9.85. The van der Waals surface area contributed by atoms with Crippen LogP contribution in [-0.2, 0) is 14.8 Å². The average molecular weight is 448 g/mol. The second kappa shape index (κ2) is 9.38. The number of benzene rings is 1. The summed E-state index contributed by atoms with van der Waals surface area (Å²) < 4.78 is 28.2. The van der Waals surface area contributed by atoms with E-state index in [0.29, 0.717) is 18.4 Å². The lowest BCUT2D eigenvalue weighted by Crippen LogP contribution is -2.54. The molecule has 0 unspecified atom stereocenters. The zero-order chi connectivity index (χ0) is 22.0. The monoisotopic (exact) mass is 447 g/mol. The third-order valence-electron chi connectivity index (χ3n) is 7.19. The Morgan fingerprint density at radius 2 is 1.52 bits per heavy atom. The number of ketones is 1. The molecule has 0 bridgehead atoms. The van der Waals surface area contributed by atoms with E-state index < -0.39 is 10.0 Å². The molecule has 1 amide bonds. The number of Topliss-reactive ketones (excluding diaryl/α,β-unsaturated/α-hetero) is 1. The van der Waals surface area contributed by atoms with Crippen LogP contribution in [0.1, 0.15) is 62.2 Å². The molecule has 1 aromatic rings. The van der Waals surface area contributed by atoms with Crippen molar-refractivity contribution in [1.29, 1.82) is 0 Å². The quantitative estimate of drug-likeness (QED) is 0.677. The topological polar surface area (TPSA) is 86.8 Å². The predicted molar refractivity (Wildman–Crippen MR) is 118 cm³/mol. The summed E-state index contributed by atoms with van der Waals surface area (Å²) in [4.78, 5) is 29.1. The first-order valence-electron chi connectivity index (χ1n) is 11.5. The van der Waals surface area contributed by atoms with Gasteiger partial charge in [0.05, 0.1) is 4.90 Å². The van der Waals surface area contributed by atoms with E-state index in [0.717, 1.165) is 45.1 Å². The summed E-state index contributed by atoms with van der Waals surface area (Å²) in [6.07, 6.45) is 6.71. The number of hydrogen-bond donors (Lipinski definition) is 1. The summed E-state index contributed by atoms with van der Waals surface area (Å²) >= 11 is 0. The van der Waals surface area contributed by atoms with Crippen LogP contribution >= 0.6 is 0 Å². The van der Waals surface area contributed by atoms with E-state index in [1.165, 1.54) is 50.5 Å². The minimum Gasteiger partial charge on any atom is -0.340 e. The molecule has 2 saturated carbocycles. The van der Waals surface area contributed by atoms with Crippen molar-refractivity contribution in [2.45, 2.75) is 68.8 Å². The third kappa shape index (κ3) is 5.18. The molecular formula is C23H33N3O4S. The SMILES string of the molecule is CC(=O)c1ccc(S(=O)(=O)NC2CCC(C(=O)N3CCN(C4CCC4)CC3)CC2)cc1. The average Bonchev–Trinajstić information content (AvgIpc) is 2.73. The first-order valence-corrected chi connectivity index (χ1v) is 13.0. The molecule has 0 atom stereocenters. The molecule has 0 radical (unpaired) electrons. The van der Waals surface area contributed by atoms with Crippen LogP contribution in [0.2, 0.25) is 0 Å². The van der Waals surface area contributed by atoms with Gasteiger partial charge in [-0.15, -0.1) is 0 Å². The van der Waals surface area contributed by atoms with Gasteiger partial charge in [-0.1, -0.05) is 18.6 Å². The van der Waals surface area contributed by atoms with Gasteiger partial charge in [-0.05, 0) is 57.6 Å². The first kappa shape index (κ1) is 22.4. The molecule has 3 aliphatic rings. The lowest BCUT2D eigenvalue weighted by molar-refractivity contribution is -0.139. The highest BCUT2D eigenvalue weighted by Crippen LogP contribution is 2.29. The standard InChI is InChI=1S/C23H33N3O4S/c1-17(27)18-7-11-22(12-8-18)31(29,30)24-20-9-5-19(6-10-20)23(28)26-15-13-25(14-16-26)21-3-2-4-21/h7-8,11-12,19-21,24H,2-6,9-10,13-16H2,1H3. The van der Waals surface area contributed by atoms with Crippen LogP contribution < -0.4 is 4.72 Å². The molecule has 1 heterocycles. The van der Waals surface area contributed by atoms with Crippen LogP contribution in [-0.4, -0.2) is 68.2 Å². The Morgan fingerprint density at radius 1 is 0.903 bits per heavy atom. The molecule has 1 N–H and O–H groups in total. The summed E-state index contributed by atoms with van der Waals surface area (Å²) in [5, 5.41) is 0. The fourth-order valence-electron chi connectivity index (χ4n) is 4.93. The predicted octanol–water partition coefficient (Wildman–Crippen LogP) is 2.42. The summed E-state index contributed by atoms with van der Waals surface area (Å²) in [6.45, 7) is 5.05. The smallest absolute Gasteiger partial charge is 0.240 e. The minimum atomic E-state index is -3.63. The molecule has 3 fully saturated rings. The van der Waals surface area contributed by atoms with E-state index in [4.69, 9.17) is 0 Å². The first-order chi connectivity index (χ1) is 14.8. The normalized spacial score (nSPS) is 25.8. The maximum Gasteiger partial charge on any atom is 0.240 e. The fraction of sp³-hybridized carbons (Fsp3) is 0.652. The van der Waals surface area contributed by atoms with Crippen molar-refractivity contribution < 1.29 is 18.0 Å². The summed E-state index contributed by atoms with van der Waals surface area (Å²) in [5.41, 5.74) is 0.492. The van der Waals surface area contributed by atoms with Crippen molar-refractivity contribution in [2.75, 3.05) is 26.2 Å². The molecule has 1 aromatic carbocycles. The number of nitrogens with zero attached hydrogens (tertiary/aromatic N) is 2. The van der Waals surface area contributed by atoms with Crippen molar-refractivity contribution in [1.82, 2.24) is 14.5 Å². The van der Waals surface area contributed by atoms with Gasteiger partial charge in [0.25, 0.3) is 0 Å². The maximum absolute atomic E-state index is 13.0. The molecular weight excluding hydrogens is 414 g/mol. The van der Waals surface area contributed by atoms with Gasteiger partial charge in [-0.2, -0.15) is 0 Å². The Balaban J connectivity index is 1.25. The number of piperazine rings is 1. The zero-order valence-corrected chi connectivity index (χ0v) is 19.1. The number of carbonyl (C=O) groups is 2. The van der Waals surface area contributed by atoms with Gasteiger partial charge in [0.15, 0.2) is 5.78 Å². The van der Waals surface area contributed by atoms with Gasteiger partial charge in [0, 0.05) is 49.7 Å². The molecule has 7 nitrogen and oxygen atoms in total. The van der Waals surface area contributed by atoms with Crippen LogP contribution in [0.25, 0.3) is 0 Å². The lowest BCUT2D eigenvalue weighted by Gasteiger charge is -2.44. The highest BCUT2D eigenvalue weighted by Gasteiger charge is 2.34. The fourth-order valence-corrected chi connectivity index (χ4v) is 6.24. The third-order valence-corrected chi connectivity index (χ3v) is 8.72. The molecule has 31 heavy (non-hydrogen) atoms. The van der Waals surface area contributed by atoms with Crippen LogP contribution in [0.5, 0.6) is 0 Å². The molecule has 4 rings (SSSR count). The second-order valence-corrected chi connectivity index (χ2v) is 10.9. The molecule has 2 aliphatic carbocycles. The van der Waals surface area contributed by atoms with Gasteiger partial charge in [-0.25, -0.2) is 13.1 Å². The van der Waals surface area contributed by atoms with Gasteiger partial charge in [0.1, 0.15) is 0 Å². The van der Waals surface area contributed by atoms with Crippen molar-refractivity contribution >= 4 is 21.7 Å². The van der Waals surface area contributed by atoms with E-state index in [2.05, 4.69) is 9.62 Å². The number of sulfonamides is 1. The van der Waals surface area contributed by atoms with E-state index in [9.17, 15) is 18.0 Å². The highest BCUT2D eigenvalue weighted by molar-refractivity contribution is 7.89. The van der Waals surface area contributed by atoms with Gasteiger partial charge < -0.3 is 4.90 Å². The van der Waals surface area contributed by atoms with E-state index >= 15 is 0 Å². The highest BCUT2D eigenvalue weighted by atomic mass is 32.2. The van der Waals surface area contributed by atoms with Crippen LogP contribution in [0.3, 0.4) is 0 Å². The Bertz CT molecular complexity index is 895. The Kier molecular flexibility index (Phi) is 6.79. The van der Waals surface area contributed by atoms with Crippen LogP contribution in [0, 0.1) is 5.92 Å². The van der Waals surface area contributed by atoms with E-state index in [1.54, 1.807) is 0 Å².